The molecule has 0 bridgehead atoms. The fourth-order valence-electron chi connectivity index (χ4n) is 1.64. The van der Waals surface area contributed by atoms with Crippen LogP contribution < -0.4 is 5.32 Å². The van der Waals surface area contributed by atoms with E-state index in [0.29, 0.717) is 6.04 Å². The third-order valence-corrected chi connectivity index (χ3v) is 3.95. The lowest BCUT2D eigenvalue weighted by atomic mass is 10.2. The van der Waals surface area contributed by atoms with Crippen molar-refractivity contribution in [3.8, 4) is 5.75 Å². The lowest BCUT2D eigenvalue weighted by Gasteiger charge is -2.12. The first-order valence-corrected chi connectivity index (χ1v) is 6.11. The molecule has 2 unspecified atom stereocenters. The molecule has 0 aliphatic carbocycles. The summed E-state index contributed by atoms with van der Waals surface area (Å²) in [5.74, 6) is 0.229. The molecular formula is C11H14FNOS. The summed E-state index contributed by atoms with van der Waals surface area (Å²) < 4.78 is 13.1. The van der Waals surface area contributed by atoms with Gasteiger partial charge in [0.2, 0.25) is 0 Å². The molecule has 1 aliphatic rings. The first-order valence-electron chi connectivity index (χ1n) is 5.06. The number of phenols is 1. The van der Waals surface area contributed by atoms with Gasteiger partial charge < -0.3 is 5.11 Å². The van der Waals surface area contributed by atoms with Crippen molar-refractivity contribution >= 4 is 11.8 Å². The molecule has 1 aromatic rings. The summed E-state index contributed by atoms with van der Waals surface area (Å²) in [5.41, 5.74) is 0.895. The van der Waals surface area contributed by atoms with E-state index in [-0.39, 0.29) is 11.1 Å². The fraction of sp³-hybridized carbons (Fsp3) is 0.455. The van der Waals surface area contributed by atoms with Crippen molar-refractivity contribution in [3.05, 3.63) is 29.6 Å². The smallest absolute Gasteiger partial charge is 0.165 e. The van der Waals surface area contributed by atoms with Crippen LogP contribution in [0.25, 0.3) is 0 Å². The number of rotatable bonds is 2. The van der Waals surface area contributed by atoms with Crippen molar-refractivity contribution in [2.24, 2.45) is 0 Å². The number of aromatic hydroxyl groups is 1. The summed E-state index contributed by atoms with van der Waals surface area (Å²) in [4.78, 5) is 0. The molecular weight excluding hydrogens is 213 g/mol. The van der Waals surface area contributed by atoms with Crippen LogP contribution in [0.4, 0.5) is 4.39 Å². The van der Waals surface area contributed by atoms with Gasteiger partial charge in [-0.05, 0) is 24.1 Å². The van der Waals surface area contributed by atoms with E-state index in [1.807, 2.05) is 0 Å². The molecule has 0 spiro atoms. The van der Waals surface area contributed by atoms with Crippen LogP contribution in [0.1, 0.15) is 24.3 Å². The van der Waals surface area contributed by atoms with Crippen molar-refractivity contribution in [1.29, 1.82) is 0 Å². The molecule has 0 saturated carbocycles. The Bertz CT molecular complexity index is 358. The molecule has 2 nitrogen and oxygen atoms in total. The maximum Gasteiger partial charge on any atom is 0.165 e. The summed E-state index contributed by atoms with van der Waals surface area (Å²) >= 11 is 1.78. The highest BCUT2D eigenvalue weighted by Crippen LogP contribution is 2.34. The Morgan fingerprint density at radius 1 is 1.60 bits per heavy atom. The van der Waals surface area contributed by atoms with Gasteiger partial charge in [0.05, 0.1) is 5.37 Å². The first-order chi connectivity index (χ1) is 7.20. The number of hydrogen-bond acceptors (Lipinski definition) is 3. The first kappa shape index (κ1) is 10.8. The van der Waals surface area contributed by atoms with Crippen molar-refractivity contribution in [3.63, 3.8) is 0 Å². The average Bonchev–Trinajstić information content (AvgIpc) is 2.70. The highest BCUT2D eigenvalue weighted by atomic mass is 32.2. The second-order valence-electron chi connectivity index (χ2n) is 3.70. The minimum absolute atomic E-state index is 0.157. The zero-order valence-electron chi connectivity index (χ0n) is 8.53. The highest BCUT2D eigenvalue weighted by molar-refractivity contribution is 7.99. The van der Waals surface area contributed by atoms with E-state index in [9.17, 15) is 4.39 Å². The molecule has 1 heterocycles. The van der Waals surface area contributed by atoms with Crippen LogP contribution in [0.3, 0.4) is 0 Å². The van der Waals surface area contributed by atoms with Gasteiger partial charge in [-0.1, -0.05) is 13.0 Å². The van der Waals surface area contributed by atoms with E-state index in [4.69, 9.17) is 5.11 Å². The molecule has 2 atom stereocenters. The molecule has 2 N–H and O–H groups in total. The maximum absolute atomic E-state index is 13.1. The van der Waals surface area contributed by atoms with Crippen LogP contribution in [0, 0.1) is 5.82 Å². The van der Waals surface area contributed by atoms with Crippen molar-refractivity contribution in [2.45, 2.75) is 24.8 Å². The van der Waals surface area contributed by atoms with E-state index in [0.717, 1.165) is 17.7 Å². The summed E-state index contributed by atoms with van der Waals surface area (Å²) in [6.45, 7) is 2.14. The Kier molecular flexibility index (Phi) is 3.17. The van der Waals surface area contributed by atoms with E-state index >= 15 is 0 Å². The standard InChI is InChI=1S/C11H14FNOS/c1-2-8-6-15-11(13-8)7-3-4-10(14)9(12)5-7/h3-5,8,11,13-14H,2,6H2,1H3. The van der Waals surface area contributed by atoms with Gasteiger partial charge in [-0.3, -0.25) is 5.32 Å². The minimum atomic E-state index is -0.546. The quantitative estimate of drug-likeness (QED) is 0.814. The summed E-state index contributed by atoms with van der Waals surface area (Å²) in [7, 11) is 0. The van der Waals surface area contributed by atoms with Crippen LogP contribution in [0.2, 0.25) is 0 Å². The third-order valence-electron chi connectivity index (χ3n) is 2.62. The maximum atomic E-state index is 13.1. The van der Waals surface area contributed by atoms with Gasteiger partial charge in [0, 0.05) is 11.8 Å². The monoisotopic (exact) mass is 227 g/mol. The molecule has 82 valence electrons. The Hall–Kier alpha value is -0.740. The summed E-state index contributed by atoms with van der Waals surface area (Å²) in [5, 5.41) is 12.7. The number of thioether (sulfide) groups is 1. The zero-order chi connectivity index (χ0) is 10.8. The largest absolute Gasteiger partial charge is 0.505 e. The van der Waals surface area contributed by atoms with Gasteiger partial charge in [0.15, 0.2) is 11.6 Å². The predicted molar refractivity (Wildman–Crippen MR) is 60.5 cm³/mol. The van der Waals surface area contributed by atoms with E-state index in [2.05, 4.69) is 12.2 Å². The van der Waals surface area contributed by atoms with E-state index < -0.39 is 5.82 Å². The number of phenolic OH excluding ortho intramolecular Hbond substituents is 1. The van der Waals surface area contributed by atoms with Crippen LogP contribution in [-0.4, -0.2) is 16.9 Å². The van der Waals surface area contributed by atoms with Gasteiger partial charge in [0.25, 0.3) is 0 Å². The van der Waals surface area contributed by atoms with Crippen LogP contribution in [0.5, 0.6) is 5.75 Å². The third kappa shape index (κ3) is 2.26. The molecule has 1 aromatic carbocycles. The number of nitrogens with one attached hydrogen (secondary N) is 1. The highest BCUT2D eigenvalue weighted by Gasteiger charge is 2.24. The fourth-order valence-corrected chi connectivity index (χ4v) is 3.02. The molecule has 1 aliphatic heterocycles. The van der Waals surface area contributed by atoms with E-state index in [1.54, 1.807) is 17.8 Å². The number of hydrogen-bond donors (Lipinski definition) is 2. The van der Waals surface area contributed by atoms with Gasteiger partial charge in [0.1, 0.15) is 0 Å². The molecule has 4 heteroatoms. The minimum Gasteiger partial charge on any atom is -0.505 e. The molecule has 15 heavy (non-hydrogen) atoms. The summed E-state index contributed by atoms with van der Waals surface area (Å²) in [6.07, 6.45) is 1.09. The predicted octanol–water partition coefficient (Wildman–Crippen LogP) is 2.64. The second kappa shape index (κ2) is 4.41. The van der Waals surface area contributed by atoms with Crippen molar-refractivity contribution in [2.75, 3.05) is 5.75 Å². The molecule has 0 aromatic heterocycles. The van der Waals surface area contributed by atoms with Gasteiger partial charge in [-0.2, -0.15) is 0 Å². The summed E-state index contributed by atoms with van der Waals surface area (Å²) in [6, 6.07) is 5.09. The van der Waals surface area contributed by atoms with Crippen LogP contribution in [-0.2, 0) is 0 Å². The molecule has 2 rings (SSSR count). The topological polar surface area (TPSA) is 32.3 Å². The van der Waals surface area contributed by atoms with Gasteiger partial charge >= 0.3 is 0 Å². The molecule has 0 amide bonds. The molecule has 1 fully saturated rings. The number of benzene rings is 1. The normalized spacial score (nSPS) is 25.7. The Balaban J connectivity index is 2.13. The lowest BCUT2D eigenvalue weighted by Crippen LogP contribution is -2.24. The molecule has 1 saturated heterocycles. The van der Waals surface area contributed by atoms with Crippen molar-refractivity contribution < 1.29 is 9.50 Å². The lowest BCUT2D eigenvalue weighted by molar-refractivity contribution is 0.431. The van der Waals surface area contributed by atoms with Crippen LogP contribution >= 0.6 is 11.8 Å². The number of halogens is 1. The van der Waals surface area contributed by atoms with Crippen molar-refractivity contribution in [1.82, 2.24) is 5.32 Å². The molecule has 0 radical (unpaired) electrons. The Labute approximate surface area is 92.9 Å². The Morgan fingerprint density at radius 3 is 3.00 bits per heavy atom. The average molecular weight is 227 g/mol. The SMILES string of the molecule is CCC1CSC(c2ccc(O)c(F)c2)N1. The zero-order valence-corrected chi connectivity index (χ0v) is 9.35. The van der Waals surface area contributed by atoms with Gasteiger partial charge in [-0.15, -0.1) is 11.8 Å². The second-order valence-corrected chi connectivity index (χ2v) is 4.83. The van der Waals surface area contributed by atoms with Gasteiger partial charge in [-0.25, -0.2) is 4.39 Å². The Morgan fingerprint density at radius 2 is 2.40 bits per heavy atom. The van der Waals surface area contributed by atoms with Crippen LogP contribution in [0.15, 0.2) is 18.2 Å². The van der Waals surface area contributed by atoms with E-state index in [1.165, 1.54) is 12.1 Å².